The molecule has 1 heterocycles. The van der Waals surface area contributed by atoms with Crippen LogP contribution >= 0.6 is 0 Å². The number of aromatic nitrogens is 1. The van der Waals surface area contributed by atoms with E-state index < -0.39 is 0 Å². The maximum absolute atomic E-state index is 5.25. The molecule has 1 atom stereocenters. The van der Waals surface area contributed by atoms with Crippen LogP contribution in [0.15, 0.2) is 18.5 Å². The normalized spacial score (nSPS) is 18.6. The molecule has 1 fully saturated rings. The average Bonchev–Trinajstić information content (AvgIpc) is 2.46. The minimum atomic E-state index is 0.399. The Hall–Kier alpha value is -1.09. The van der Waals surface area contributed by atoms with Crippen LogP contribution in [-0.2, 0) is 0 Å². The first kappa shape index (κ1) is 13.3. The summed E-state index contributed by atoms with van der Waals surface area (Å²) in [4.78, 5) is 4.25. The third kappa shape index (κ3) is 3.45. The van der Waals surface area contributed by atoms with Crippen molar-refractivity contribution in [2.45, 2.75) is 57.5 Å². The first-order valence-electron chi connectivity index (χ1n) is 7.08. The predicted molar refractivity (Wildman–Crippen MR) is 73.8 cm³/mol. The van der Waals surface area contributed by atoms with Crippen LogP contribution in [0.4, 0.5) is 0 Å². The zero-order valence-electron chi connectivity index (χ0n) is 11.5. The van der Waals surface area contributed by atoms with E-state index in [4.69, 9.17) is 4.74 Å². The molecule has 1 aliphatic carbocycles. The van der Waals surface area contributed by atoms with Crippen molar-refractivity contribution in [3.8, 4) is 5.75 Å². The van der Waals surface area contributed by atoms with Crippen LogP contribution in [0.1, 0.15) is 57.1 Å². The van der Waals surface area contributed by atoms with Crippen molar-refractivity contribution in [1.82, 2.24) is 10.3 Å². The summed E-state index contributed by atoms with van der Waals surface area (Å²) in [5, 5.41) is 3.78. The van der Waals surface area contributed by atoms with E-state index in [2.05, 4.69) is 23.3 Å². The Morgan fingerprint density at radius 1 is 1.33 bits per heavy atom. The molecule has 1 saturated carbocycles. The summed E-state index contributed by atoms with van der Waals surface area (Å²) in [5.41, 5.74) is 1.24. The Morgan fingerprint density at radius 2 is 2.11 bits per heavy atom. The fourth-order valence-corrected chi connectivity index (χ4v) is 2.74. The van der Waals surface area contributed by atoms with Crippen LogP contribution in [0.3, 0.4) is 0 Å². The zero-order valence-corrected chi connectivity index (χ0v) is 11.5. The molecule has 3 nitrogen and oxygen atoms in total. The van der Waals surface area contributed by atoms with Gasteiger partial charge in [-0.05, 0) is 30.9 Å². The second-order valence-corrected chi connectivity index (χ2v) is 5.12. The van der Waals surface area contributed by atoms with Gasteiger partial charge < -0.3 is 10.1 Å². The third-order valence-corrected chi connectivity index (χ3v) is 3.82. The summed E-state index contributed by atoms with van der Waals surface area (Å²) in [6.07, 6.45) is 11.6. The van der Waals surface area contributed by atoms with Crippen molar-refractivity contribution in [2.24, 2.45) is 0 Å². The molecule has 18 heavy (non-hydrogen) atoms. The molecule has 1 aromatic heterocycles. The van der Waals surface area contributed by atoms with Gasteiger partial charge in [-0.2, -0.15) is 0 Å². The fourth-order valence-electron chi connectivity index (χ4n) is 2.74. The van der Waals surface area contributed by atoms with Crippen molar-refractivity contribution in [3.63, 3.8) is 0 Å². The number of ether oxygens (including phenoxy) is 1. The minimum absolute atomic E-state index is 0.399. The molecule has 0 bridgehead atoms. The van der Waals surface area contributed by atoms with E-state index in [1.54, 1.807) is 13.3 Å². The van der Waals surface area contributed by atoms with E-state index in [1.165, 1.54) is 37.7 Å². The quantitative estimate of drug-likeness (QED) is 0.866. The molecule has 100 valence electrons. The molecule has 0 radical (unpaired) electrons. The maximum Gasteiger partial charge on any atom is 0.137 e. The number of methoxy groups -OCH3 is 1. The van der Waals surface area contributed by atoms with Gasteiger partial charge in [0.05, 0.1) is 13.3 Å². The lowest BCUT2D eigenvalue weighted by Gasteiger charge is -2.28. The number of hydrogen-bond acceptors (Lipinski definition) is 3. The summed E-state index contributed by atoms with van der Waals surface area (Å²) >= 11 is 0. The van der Waals surface area contributed by atoms with Crippen molar-refractivity contribution in [2.75, 3.05) is 7.11 Å². The van der Waals surface area contributed by atoms with Crippen molar-refractivity contribution in [3.05, 3.63) is 24.0 Å². The largest absolute Gasteiger partial charge is 0.495 e. The first-order chi connectivity index (χ1) is 8.83. The molecule has 1 N–H and O–H groups in total. The maximum atomic E-state index is 5.25. The first-order valence-corrected chi connectivity index (χ1v) is 7.08. The highest BCUT2D eigenvalue weighted by Gasteiger charge is 2.18. The lowest BCUT2D eigenvalue weighted by Crippen LogP contribution is -2.34. The molecule has 1 aliphatic rings. The van der Waals surface area contributed by atoms with Gasteiger partial charge in [0.2, 0.25) is 0 Å². The van der Waals surface area contributed by atoms with Crippen molar-refractivity contribution < 1.29 is 4.74 Å². The van der Waals surface area contributed by atoms with Gasteiger partial charge in [0.1, 0.15) is 5.75 Å². The van der Waals surface area contributed by atoms with E-state index >= 15 is 0 Å². The number of nitrogens with zero attached hydrogens (tertiary/aromatic N) is 1. The Labute approximate surface area is 110 Å². The number of pyridine rings is 1. The van der Waals surface area contributed by atoms with Crippen molar-refractivity contribution >= 4 is 0 Å². The smallest absolute Gasteiger partial charge is 0.137 e. The van der Waals surface area contributed by atoms with E-state index in [0.717, 1.165) is 12.2 Å². The molecule has 0 saturated heterocycles. The second-order valence-electron chi connectivity index (χ2n) is 5.12. The molecule has 0 aliphatic heterocycles. The van der Waals surface area contributed by atoms with Crippen LogP contribution < -0.4 is 10.1 Å². The fraction of sp³-hybridized carbons (Fsp3) is 0.667. The summed E-state index contributed by atoms with van der Waals surface area (Å²) in [6.45, 7) is 2.22. The summed E-state index contributed by atoms with van der Waals surface area (Å²) in [7, 11) is 1.69. The van der Waals surface area contributed by atoms with Crippen LogP contribution in [-0.4, -0.2) is 18.1 Å². The number of nitrogens with one attached hydrogen (secondary N) is 1. The molecule has 3 heteroatoms. The lowest BCUT2D eigenvalue weighted by molar-refractivity contribution is 0.333. The Morgan fingerprint density at radius 3 is 2.78 bits per heavy atom. The topological polar surface area (TPSA) is 34.2 Å². The Balaban J connectivity index is 2.02. The van der Waals surface area contributed by atoms with Gasteiger partial charge >= 0.3 is 0 Å². The van der Waals surface area contributed by atoms with Crippen LogP contribution in [0.25, 0.3) is 0 Å². The average molecular weight is 248 g/mol. The van der Waals surface area contributed by atoms with Gasteiger partial charge in [-0.25, -0.2) is 0 Å². The highest BCUT2D eigenvalue weighted by atomic mass is 16.5. The Kier molecular flexibility index (Phi) is 5.00. The van der Waals surface area contributed by atoms with Gasteiger partial charge in [0, 0.05) is 18.3 Å². The van der Waals surface area contributed by atoms with E-state index in [-0.39, 0.29) is 0 Å². The third-order valence-electron chi connectivity index (χ3n) is 3.82. The van der Waals surface area contributed by atoms with Crippen LogP contribution in [0.5, 0.6) is 5.75 Å². The molecular formula is C15H24N2O. The summed E-state index contributed by atoms with van der Waals surface area (Å²) in [5.74, 6) is 0.844. The van der Waals surface area contributed by atoms with E-state index in [0.29, 0.717) is 12.1 Å². The second kappa shape index (κ2) is 6.74. The molecule has 1 aromatic rings. The van der Waals surface area contributed by atoms with E-state index in [9.17, 15) is 0 Å². The summed E-state index contributed by atoms with van der Waals surface area (Å²) in [6, 6.07) is 3.17. The summed E-state index contributed by atoms with van der Waals surface area (Å²) < 4.78 is 5.25. The molecule has 0 aromatic carbocycles. The zero-order chi connectivity index (χ0) is 12.8. The van der Waals surface area contributed by atoms with Gasteiger partial charge in [0.15, 0.2) is 0 Å². The molecule has 0 amide bonds. The van der Waals surface area contributed by atoms with Crippen LogP contribution in [0, 0.1) is 0 Å². The molecular weight excluding hydrogens is 224 g/mol. The van der Waals surface area contributed by atoms with Gasteiger partial charge in [-0.3, -0.25) is 4.98 Å². The number of rotatable bonds is 5. The highest BCUT2D eigenvalue weighted by Crippen LogP contribution is 2.24. The molecule has 1 unspecified atom stereocenters. The number of hydrogen-bond donors (Lipinski definition) is 1. The Bertz CT molecular complexity index is 361. The monoisotopic (exact) mass is 248 g/mol. The van der Waals surface area contributed by atoms with Gasteiger partial charge in [-0.15, -0.1) is 0 Å². The van der Waals surface area contributed by atoms with E-state index in [1.807, 2.05) is 6.20 Å². The SMILES string of the molecule is CCC(NC1CCCCC1)c1cncc(OC)c1. The molecule has 0 spiro atoms. The molecule has 2 rings (SSSR count). The lowest BCUT2D eigenvalue weighted by atomic mass is 9.93. The standard InChI is InChI=1S/C15H24N2O/c1-3-15(17-13-7-5-4-6-8-13)12-9-14(18-2)11-16-10-12/h9-11,13,15,17H,3-8H2,1-2H3. The highest BCUT2D eigenvalue weighted by molar-refractivity contribution is 5.26. The van der Waals surface area contributed by atoms with Gasteiger partial charge in [0.25, 0.3) is 0 Å². The van der Waals surface area contributed by atoms with Crippen LogP contribution in [0.2, 0.25) is 0 Å². The van der Waals surface area contributed by atoms with Crippen molar-refractivity contribution in [1.29, 1.82) is 0 Å². The van der Waals surface area contributed by atoms with Gasteiger partial charge in [-0.1, -0.05) is 26.2 Å². The minimum Gasteiger partial charge on any atom is -0.495 e. The predicted octanol–water partition coefficient (Wildman–Crippen LogP) is 3.46.